The van der Waals surface area contributed by atoms with Gasteiger partial charge >= 0.3 is 0 Å². The Labute approximate surface area is 106 Å². The van der Waals surface area contributed by atoms with E-state index in [1.807, 2.05) is 29.9 Å². The van der Waals surface area contributed by atoms with Gasteiger partial charge in [-0.15, -0.1) is 0 Å². The third kappa shape index (κ3) is 2.06. The van der Waals surface area contributed by atoms with E-state index >= 15 is 0 Å². The van der Waals surface area contributed by atoms with E-state index in [0.29, 0.717) is 6.42 Å². The summed E-state index contributed by atoms with van der Waals surface area (Å²) in [6, 6.07) is 3.79. The smallest absolute Gasteiger partial charge is 0.134 e. The zero-order chi connectivity index (χ0) is 13.3. The van der Waals surface area contributed by atoms with Crippen LogP contribution in [0.4, 0.5) is 0 Å². The Bertz CT molecular complexity index is 599. The van der Waals surface area contributed by atoms with Crippen LogP contribution >= 0.6 is 0 Å². The van der Waals surface area contributed by atoms with Crippen molar-refractivity contribution in [2.75, 3.05) is 14.2 Å². The lowest BCUT2D eigenvalue weighted by atomic mass is 10.1. The number of Topliss-reactive ketones (excluding diaryl/α,β-unsaturated/α-hetero) is 1. The average Bonchev–Trinajstić information content (AvgIpc) is 2.64. The first kappa shape index (κ1) is 12.5. The zero-order valence-electron chi connectivity index (χ0n) is 11.1. The molecule has 1 aromatic heterocycles. The van der Waals surface area contributed by atoms with Gasteiger partial charge in [0, 0.05) is 37.2 Å². The molecule has 4 heteroatoms. The van der Waals surface area contributed by atoms with Crippen LogP contribution in [0.1, 0.15) is 12.5 Å². The van der Waals surface area contributed by atoms with E-state index in [-0.39, 0.29) is 5.78 Å². The van der Waals surface area contributed by atoms with Crippen molar-refractivity contribution < 1.29 is 14.3 Å². The van der Waals surface area contributed by atoms with E-state index in [1.165, 1.54) is 0 Å². The van der Waals surface area contributed by atoms with Gasteiger partial charge in [0.05, 0.1) is 19.7 Å². The fourth-order valence-corrected chi connectivity index (χ4v) is 2.23. The lowest BCUT2D eigenvalue weighted by Crippen LogP contribution is -1.96. The summed E-state index contributed by atoms with van der Waals surface area (Å²) in [4.78, 5) is 11.3. The number of rotatable bonds is 4. The second kappa shape index (κ2) is 4.72. The zero-order valence-corrected chi connectivity index (χ0v) is 11.1. The number of fused-ring (bicyclic) bond motifs is 1. The van der Waals surface area contributed by atoms with Crippen molar-refractivity contribution >= 4 is 16.7 Å². The van der Waals surface area contributed by atoms with E-state index < -0.39 is 0 Å². The Morgan fingerprint density at radius 1 is 1.28 bits per heavy atom. The van der Waals surface area contributed by atoms with Crippen molar-refractivity contribution in [1.82, 2.24) is 4.57 Å². The first-order valence-corrected chi connectivity index (χ1v) is 5.76. The minimum Gasteiger partial charge on any atom is -0.497 e. The van der Waals surface area contributed by atoms with Gasteiger partial charge < -0.3 is 14.0 Å². The number of aryl methyl sites for hydroxylation is 1. The fraction of sp³-hybridized carbons (Fsp3) is 0.357. The third-order valence-electron chi connectivity index (χ3n) is 3.00. The molecule has 0 amide bonds. The number of ketones is 1. The molecule has 0 aliphatic heterocycles. The highest BCUT2D eigenvalue weighted by Crippen LogP contribution is 2.34. The number of hydrogen-bond acceptors (Lipinski definition) is 3. The molecule has 2 aromatic rings. The van der Waals surface area contributed by atoms with Gasteiger partial charge in [0.25, 0.3) is 0 Å². The van der Waals surface area contributed by atoms with Crippen molar-refractivity contribution in [3.05, 3.63) is 23.9 Å². The maximum absolute atomic E-state index is 11.3. The van der Waals surface area contributed by atoms with Gasteiger partial charge in [0.1, 0.15) is 17.3 Å². The molecule has 1 heterocycles. The monoisotopic (exact) mass is 247 g/mol. The van der Waals surface area contributed by atoms with Crippen LogP contribution in [0.25, 0.3) is 10.9 Å². The van der Waals surface area contributed by atoms with E-state index in [0.717, 1.165) is 28.0 Å². The molecule has 0 aliphatic carbocycles. The average molecular weight is 247 g/mol. The highest BCUT2D eigenvalue weighted by Gasteiger charge is 2.14. The topological polar surface area (TPSA) is 40.5 Å². The van der Waals surface area contributed by atoms with Crippen LogP contribution in [0.2, 0.25) is 0 Å². The van der Waals surface area contributed by atoms with Crippen LogP contribution in [-0.2, 0) is 18.3 Å². The molecule has 2 rings (SSSR count). The van der Waals surface area contributed by atoms with Crippen molar-refractivity contribution in [1.29, 1.82) is 0 Å². The van der Waals surface area contributed by atoms with E-state index in [4.69, 9.17) is 9.47 Å². The molecule has 0 aliphatic rings. The number of carbonyl (C=O) groups is 1. The number of carbonyl (C=O) groups excluding carboxylic acids is 1. The Balaban J connectivity index is 2.71. The van der Waals surface area contributed by atoms with Gasteiger partial charge in [-0.25, -0.2) is 0 Å². The summed E-state index contributed by atoms with van der Waals surface area (Å²) in [5.74, 6) is 1.62. The minimum atomic E-state index is 0.139. The molecule has 0 saturated heterocycles. The van der Waals surface area contributed by atoms with Gasteiger partial charge in [0.15, 0.2) is 0 Å². The van der Waals surface area contributed by atoms with Crippen molar-refractivity contribution in [3.63, 3.8) is 0 Å². The summed E-state index contributed by atoms with van der Waals surface area (Å²) >= 11 is 0. The Morgan fingerprint density at radius 2 is 2.00 bits per heavy atom. The van der Waals surface area contributed by atoms with E-state index in [1.54, 1.807) is 21.1 Å². The normalized spacial score (nSPS) is 10.7. The van der Waals surface area contributed by atoms with Crippen LogP contribution in [-0.4, -0.2) is 24.6 Å². The highest BCUT2D eigenvalue weighted by atomic mass is 16.5. The van der Waals surface area contributed by atoms with Crippen LogP contribution in [0.15, 0.2) is 18.3 Å². The number of aromatic nitrogens is 1. The Kier molecular flexibility index (Phi) is 3.28. The predicted molar refractivity (Wildman–Crippen MR) is 70.4 cm³/mol. The molecular weight excluding hydrogens is 230 g/mol. The molecule has 0 unspecified atom stereocenters. The Hall–Kier alpha value is -1.97. The summed E-state index contributed by atoms with van der Waals surface area (Å²) in [7, 11) is 5.20. The molecule has 0 bridgehead atoms. The summed E-state index contributed by atoms with van der Waals surface area (Å²) < 4.78 is 12.6. The molecule has 18 heavy (non-hydrogen) atoms. The van der Waals surface area contributed by atoms with Gasteiger partial charge in [0.2, 0.25) is 0 Å². The van der Waals surface area contributed by atoms with Gasteiger partial charge in [-0.05, 0) is 12.5 Å². The Morgan fingerprint density at radius 3 is 2.56 bits per heavy atom. The van der Waals surface area contributed by atoms with E-state index in [9.17, 15) is 4.79 Å². The predicted octanol–water partition coefficient (Wildman–Crippen LogP) is 2.33. The molecule has 0 atom stereocenters. The number of methoxy groups -OCH3 is 2. The molecule has 0 spiro atoms. The third-order valence-corrected chi connectivity index (χ3v) is 3.00. The van der Waals surface area contributed by atoms with Crippen molar-refractivity contribution in [2.24, 2.45) is 7.05 Å². The standard InChI is InChI=1S/C14H17NO3/c1-9(16)5-10-8-15(2)12-6-11(17-3)7-13(18-4)14(10)12/h6-8H,5H2,1-4H3. The molecule has 0 N–H and O–H groups in total. The molecule has 0 radical (unpaired) electrons. The summed E-state index contributed by atoms with van der Waals surface area (Å²) in [6.45, 7) is 1.59. The van der Waals surface area contributed by atoms with Crippen LogP contribution in [0, 0.1) is 0 Å². The summed E-state index contributed by atoms with van der Waals surface area (Å²) in [5, 5.41) is 0.982. The molecule has 0 saturated carbocycles. The van der Waals surface area contributed by atoms with Gasteiger partial charge in [-0.3, -0.25) is 4.79 Å². The first-order chi connectivity index (χ1) is 8.56. The lowest BCUT2D eigenvalue weighted by molar-refractivity contribution is -0.116. The molecule has 96 valence electrons. The maximum atomic E-state index is 11.3. The van der Waals surface area contributed by atoms with Crippen LogP contribution in [0.5, 0.6) is 11.5 Å². The quantitative estimate of drug-likeness (QED) is 0.832. The van der Waals surface area contributed by atoms with Gasteiger partial charge in [-0.1, -0.05) is 0 Å². The summed E-state index contributed by atoms with van der Waals surface area (Å²) in [6.07, 6.45) is 2.38. The van der Waals surface area contributed by atoms with Crippen molar-refractivity contribution in [2.45, 2.75) is 13.3 Å². The maximum Gasteiger partial charge on any atom is 0.134 e. The number of nitrogens with zero attached hydrogens (tertiary/aromatic N) is 1. The molecule has 0 fully saturated rings. The van der Waals surface area contributed by atoms with Crippen LogP contribution < -0.4 is 9.47 Å². The lowest BCUT2D eigenvalue weighted by Gasteiger charge is -2.08. The number of ether oxygens (including phenoxy) is 2. The van der Waals surface area contributed by atoms with Gasteiger partial charge in [-0.2, -0.15) is 0 Å². The molecule has 4 nitrogen and oxygen atoms in total. The van der Waals surface area contributed by atoms with Crippen LogP contribution in [0.3, 0.4) is 0 Å². The number of hydrogen-bond donors (Lipinski definition) is 0. The fourth-order valence-electron chi connectivity index (χ4n) is 2.23. The SMILES string of the molecule is COc1cc(OC)c2c(CC(C)=O)cn(C)c2c1. The second-order valence-corrected chi connectivity index (χ2v) is 4.37. The highest BCUT2D eigenvalue weighted by molar-refractivity contribution is 5.94. The first-order valence-electron chi connectivity index (χ1n) is 5.76. The summed E-state index contributed by atoms with van der Waals surface area (Å²) in [5.41, 5.74) is 1.99. The second-order valence-electron chi connectivity index (χ2n) is 4.37. The number of benzene rings is 1. The van der Waals surface area contributed by atoms with E-state index in [2.05, 4.69) is 0 Å². The molecular formula is C14H17NO3. The van der Waals surface area contributed by atoms with Crippen molar-refractivity contribution in [3.8, 4) is 11.5 Å². The minimum absolute atomic E-state index is 0.139. The molecule has 1 aromatic carbocycles. The largest absolute Gasteiger partial charge is 0.497 e.